The Hall–Kier alpha value is 1.09. The molecule has 0 aromatic carbocycles. The van der Waals surface area contributed by atoms with E-state index in [2.05, 4.69) is 0 Å². The molecule has 0 aliphatic carbocycles. The summed E-state index contributed by atoms with van der Waals surface area (Å²) in [5, 5.41) is 0. The molecular weight excluding hydrogens is 134 g/mol. The van der Waals surface area contributed by atoms with E-state index in [1.54, 1.807) is 0 Å². The molecule has 0 rings (SSSR count). The predicted octanol–water partition coefficient (Wildman–Crippen LogP) is -1.65. The van der Waals surface area contributed by atoms with Gasteiger partial charge in [0.2, 0.25) is 0 Å². The van der Waals surface area contributed by atoms with Crippen molar-refractivity contribution in [1.29, 1.82) is 0 Å². The van der Waals surface area contributed by atoms with Gasteiger partial charge in [-0.25, -0.2) is 0 Å². The van der Waals surface area contributed by atoms with Gasteiger partial charge in [0.1, 0.15) is 0 Å². The molecule has 0 aromatic heterocycles. The van der Waals surface area contributed by atoms with E-state index in [1.165, 1.54) is 0 Å². The molecule has 0 atom stereocenters. The Labute approximate surface area is 48.3 Å². The van der Waals surface area contributed by atoms with Crippen LogP contribution in [0.4, 0.5) is 0 Å². The maximum Gasteiger partial charge on any atom is 0 e. The van der Waals surface area contributed by atoms with Crippen LogP contribution >= 0.6 is 0 Å². The van der Waals surface area contributed by atoms with Gasteiger partial charge >= 0.3 is 0 Å². The molecule has 0 bridgehead atoms. The SMILES string of the molecule is O.O.[V].[V]. The van der Waals surface area contributed by atoms with Crippen molar-refractivity contribution in [3.8, 4) is 0 Å². The third-order valence-corrected chi connectivity index (χ3v) is 0. The third-order valence-electron chi connectivity index (χ3n) is 0. The average molecular weight is 138 g/mol. The van der Waals surface area contributed by atoms with Gasteiger partial charge in [-0.2, -0.15) is 0 Å². The van der Waals surface area contributed by atoms with Crippen molar-refractivity contribution < 1.29 is 48.1 Å². The molecule has 0 aliphatic rings. The van der Waals surface area contributed by atoms with E-state index in [-0.39, 0.29) is 48.1 Å². The van der Waals surface area contributed by atoms with Gasteiger partial charge in [-0.05, 0) is 0 Å². The molecule has 0 amide bonds. The minimum atomic E-state index is 0. The van der Waals surface area contributed by atoms with Crippen LogP contribution in [0.25, 0.3) is 0 Å². The number of hydrogen-bond acceptors (Lipinski definition) is 0. The average Bonchev–Trinajstić information content (AvgIpc) is 0. The largest absolute Gasteiger partial charge is 0.412 e. The Morgan fingerprint density at radius 2 is 0.500 bits per heavy atom. The standard InChI is InChI=1S/2H2O.2V/h2*1H2;;. The summed E-state index contributed by atoms with van der Waals surface area (Å²) in [4.78, 5) is 0. The fraction of sp³-hybridized carbons (Fsp3) is 0. The van der Waals surface area contributed by atoms with Crippen LogP contribution in [0.3, 0.4) is 0 Å². The van der Waals surface area contributed by atoms with Crippen LogP contribution in [0.1, 0.15) is 0 Å². The van der Waals surface area contributed by atoms with Crippen molar-refractivity contribution in [1.82, 2.24) is 0 Å². The Bertz CT molecular complexity index is 4.00. The van der Waals surface area contributed by atoms with Crippen LogP contribution in [0.5, 0.6) is 0 Å². The maximum atomic E-state index is 0. The molecule has 4 N–H and O–H groups in total. The fourth-order valence-corrected chi connectivity index (χ4v) is 0. The van der Waals surface area contributed by atoms with E-state index < -0.39 is 0 Å². The van der Waals surface area contributed by atoms with E-state index in [1.807, 2.05) is 0 Å². The molecule has 2 nitrogen and oxygen atoms in total. The van der Waals surface area contributed by atoms with Crippen molar-refractivity contribution in [2.75, 3.05) is 0 Å². The molecule has 0 aromatic rings. The van der Waals surface area contributed by atoms with Gasteiger partial charge in [-0.15, -0.1) is 0 Å². The van der Waals surface area contributed by atoms with Crippen molar-refractivity contribution in [2.24, 2.45) is 0 Å². The second-order valence-corrected chi connectivity index (χ2v) is 0. The molecule has 0 aliphatic heterocycles. The molecule has 0 spiro atoms. The first-order valence-electron chi connectivity index (χ1n) is 0. The number of hydrogen-bond donors (Lipinski definition) is 0. The normalized spacial score (nSPS) is 0. The van der Waals surface area contributed by atoms with E-state index in [0.717, 1.165) is 0 Å². The number of rotatable bonds is 0. The van der Waals surface area contributed by atoms with Gasteiger partial charge in [0.25, 0.3) is 0 Å². The van der Waals surface area contributed by atoms with Crippen LogP contribution in [0.15, 0.2) is 0 Å². The van der Waals surface area contributed by atoms with Gasteiger partial charge in [-0.3, -0.25) is 0 Å². The summed E-state index contributed by atoms with van der Waals surface area (Å²) in [6.07, 6.45) is 0. The maximum absolute atomic E-state index is 0. The zero-order valence-electron chi connectivity index (χ0n) is 1.89. The molecule has 4 heteroatoms. The van der Waals surface area contributed by atoms with Crippen molar-refractivity contribution in [3.63, 3.8) is 0 Å². The second kappa shape index (κ2) is 32.9. The topological polar surface area (TPSA) is 63.0 Å². The molecule has 0 heterocycles. The first kappa shape index (κ1) is 71.8. The van der Waals surface area contributed by atoms with Crippen molar-refractivity contribution in [2.45, 2.75) is 0 Å². The summed E-state index contributed by atoms with van der Waals surface area (Å²) in [5.41, 5.74) is 0. The molecule has 0 saturated heterocycles. The van der Waals surface area contributed by atoms with Crippen molar-refractivity contribution >= 4 is 0 Å². The Balaban J connectivity index is 0. The third kappa shape index (κ3) is 11.4. The van der Waals surface area contributed by atoms with Gasteiger partial charge < -0.3 is 11.0 Å². The summed E-state index contributed by atoms with van der Waals surface area (Å²) in [5.74, 6) is 0. The van der Waals surface area contributed by atoms with Crippen LogP contribution in [0.2, 0.25) is 0 Å². The van der Waals surface area contributed by atoms with Crippen LogP contribution in [-0.2, 0) is 37.1 Å². The molecule has 0 fully saturated rings. The van der Waals surface area contributed by atoms with E-state index in [0.29, 0.717) is 0 Å². The second-order valence-electron chi connectivity index (χ2n) is 0. The van der Waals surface area contributed by atoms with E-state index in [9.17, 15) is 0 Å². The van der Waals surface area contributed by atoms with Gasteiger partial charge in [0.05, 0.1) is 0 Å². The smallest absolute Gasteiger partial charge is 0 e. The summed E-state index contributed by atoms with van der Waals surface area (Å²) in [7, 11) is 0. The van der Waals surface area contributed by atoms with E-state index in [4.69, 9.17) is 0 Å². The van der Waals surface area contributed by atoms with E-state index >= 15 is 0 Å². The van der Waals surface area contributed by atoms with Gasteiger partial charge in [-0.1, -0.05) is 0 Å². The van der Waals surface area contributed by atoms with Crippen LogP contribution in [-0.4, -0.2) is 11.0 Å². The molecule has 4 heavy (non-hydrogen) atoms. The monoisotopic (exact) mass is 138 g/mol. The zero-order valence-corrected chi connectivity index (χ0v) is 4.69. The quantitative estimate of drug-likeness (QED) is 0.384. The Kier molecular flexibility index (Phi) is 590. The van der Waals surface area contributed by atoms with Gasteiger partial charge in [0.15, 0.2) is 0 Å². The fourth-order valence-electron chi connectivity index (χ4n) is 0. The summed E-state index contributed by atoms with van der Waals surface area (Å²) in [6, 6.07) is 0. The van der Waals surface area contributed by atoms with Gasteiger partial charge in [0, 0.05) is 37.1 Å². The summed E-state index contributed by atoms with van der Waals surface area (Å²) < 4.78 is 0. The Morgan fingerprint density at radius 3 is 0.500 bits per heavy atom. The molecular formula is H4O2V2. The summed E-state index contributed by atoms with van der Waals surface area (Å²) >= 11 is 0. The molecule has 2 radical (unpaired) electrons. The molecule has 0 saturated carbocycles. The molecule has 26 valence electrons. The minimum absolute atomic E-state index is 0. The summed E-state index contributed by atoms with van der Waals surface area (Å²) in [6.45, 7) is 0. The predicted molar refractivity (Wildman–Crippen MR) is 7.23 cm³/mol. The first-order chi connectivity index (χ1) is 0. The first-order valence-corrected chi connectivity index (χ1v) is 0. The Morgan fingerprint density at radius 1 is 0.500 bits per heavy atom. The molecule has 0 unspecified atom stereocenters. The van der Waals surface area contributed by atoms with Crippen LogP contribution in [0, 0.1) is 0 Å². The minimum Gasteiger partial charge on any atom is -0.412 e. The van der Waals surface area contributed by atoms with Crippen LogP contribution < -0.4 is 0 Å². The zero-order chi connectivity index (χ0) is 0. The van der Waals surface area contributed by atoms with Crippen molar-refractivity contribution in [3.05, 3.63) is 0 Å².